The summed E-state index contributed by atoms with van der Waals surface area (Å²) in [6, 6.07) is 5.29. The SMILES string of the molecule is CC(C(=O)O)=C(C)C(=O)Nc1ccc(Br)cc1Br. The normalized spacial score (nSPS) is 11.8. The Morgan fingerprint density at radius 3 is 2.28 bits per heavy atom. The number of amides is 1. The number of rotatable bonds is 3. The number of carboxylic acid groups (broad SMARTS) is 1. The van der Waals surface area contributed by atoms with Crippen LogP contribution in [0.4, 0.5) is 5.69 Å². The number of anilines is 1. The smallest absolute Gasteiger partial charge is 0.331 e. The van der Waals surface area contributed by atoms with Gasteiger partial charge < -0.3 is 10.4 Å². The molecular weight excluding hydrogens is 366 g/mol. The van der Waals surface area contributed by atoms with Crippen LogP contribution in [0.3, 0.4) is 0 Å². The zero-order valence-electron chi connectivity index (χ0n) is 9.75. The van der Waals surface area contributed by atoms with Crippen molar-refractivity contribution in [3.63, 3.8) is 0 Å². The first kappa shape index (κ1) is 14.9. The third-order valence-corrected chi connectivity index (χ3v) is 3.55. The van der Waals surface area contributed by atoms with Crippen molar-refractivity contribution in [2.24, 2.45) is 0 Å². The second-order valence-corrected chi connectivity index (χ2v) is 5.40. The summed E-state index contributed by atoms with van der Waals surface area (Å²) < 4.78 is 1.59. The Hall–Kier alpha value is -1.14. The minimum Gasteiger partial charge on any atom is -0.478 e. The van der Waals surface area contributed by atoms with Gasteiger partial charge in [-0.15, -0.1) is 0 Å². The van der Waals surface area contributed by atoms with Gasteiger partial charge in [0.2, 0.25) is 0 Å². The number of benzene rings is 1. The summed E-state index contributed by atoms with van der Waals surface area (Å²) in [5.74, 6) is -1.53. The van der Waals surface area contributed by atoms with Crippen molar-refractivity contribution < 1.29 is 14.7 Å². The molecule has 18 heavy (non-hydrogen) atoms. The van der Waals surface area contributed by atoms with E-state index < -0.39 is 11.9 Å². The molecule has 96 valence electrons. The third-order valence-electron chi connectivity index (χ3n) is 2.40. The van der Waals surface area contributed by atoms with E-state index in [-0.39, 0.29) is 11.1 Å². The van der Waals surface area contributed by atoms with E-state index >= 15 is 0 Å². The van der Waals surface area contributed by atoms with Crippen molar-refractivity contribution in [1.29, 1.82) is 0 Å². The molecule has 1 amide bonds. The standard InChI is InChI=1S/C12H11Br2NO3/c1-6(7(2)12(17)18)11(16)15-10-4-3-8(13)5-9(10)14/h3-5H,1-2H3,(H,15,16)(H,17,18). The second kappa shape index (κ2) is 6.15. The van der Waals surface area contributed by atoms with Crippen LogP contribution < -0.4 is 5.32 Å². The molecule has 0 radical (unpaired) electrons. The van der Waals surface area contributed by atoms with Crippen molar-refractivity contribution in [3.8, 4) is 0 Å². The van der Waals surface area contributed by atoms with Crippen molar-refractivity contribution in [2.45, 2.75) is 13.8 Å². The number of carbonyl (C=O) groups is 2. The van der Waals surface area contributed by atoms with Gasteiger partial charge in [-0.25, -0.2) is 4.79 Å². The van der Waals surface area contributed by atoms with E-state index in [4.69, 9.17) is 5.11 Å². The summed E-state index contributed by atoms with van der Waals surface area (Å²) in [4.78, 5) is 22.6. The number of hydrogen-bond donors (Lipinski definition) is 2. The van der Waals surface area contributed by atoms with E-state index in [9.17, 15) is 9.59 Å². The molecule has 0 aliphatic heterocycles. The molecule has 1 aromatic carbocycles. The number of hydrogen-bond acceptors (Lipinski definition) is 2. The largest absolute Gasteiger partial charge is 0.478 e. The number of nitrogens with one attached hydrogen (secondary N) is 1. The Bertz CT molecular complexity index is 538. The average molecular weight is 377 g/mol. The molecular formula is C12H11Br2NO3. The first-order valence-corrected chi connectivity index (χ1v) is 6.58. The molecule has 1 rings (SSSR count). The third kappa shape index (κ3) is 3.68. The molecule has 0 bridgehead atoms. The Kier molecular flexibility index (Phi) is 5.10. The lowest BCUT2D eigenvalue weighted by Gasteiger charge is -2.09. The fourth-order valence-corrected chi connectivity index (χ4v) is 2.28. The van der Waals surface area contributed by atoms with E-state index in [1.165, 1.54) is 13.8 Å². The Morgan fingerprint density at radius 2 is 1.78 bits per heavy atom. The van der Waals surface area contributed by atoms with Gasteiger partial charge in [-0.3, -0.25) is 4.79 Å². The number of carboxylic acids is 1. The van der Waals surface area contributed by atoms with E-state index in [0.717, 1.165) is 4.47 Å². The van der Waals surface area contributed by atoms with Crippen molar-refractivity contribution in [3.05, 3.63) is 38.3 Å². The monoisotopic (exact) mass is 375 g/mol. The maximum atomic E-state index is 11.8. The maximum Gasteiger partial charge on any atom is 0.331 e. The van der Waals surface area contributed by atoms with Gasteiger partial charge in [0.05, 0.1) is 5.69 Å². The summed E-state index contributed by atoms with van der Waals surface area (Å²) in [6.45, 7) is 2.87. The van der Waals surface area contributed by atoms with Crippen molar-refractivity contribution in [2.75, 3.05) is 5.32 Å². The summed E-state index contributed by atoms with van der Waals surface area (Å²) in [7, 11) is 0. The molecule has 0 aliphatic carbocycles. The molecule has 4 nitrogen and oxygen atoms in total. The molecule has 0 atom stereocenters. The van der Waals surface area contributed by atoms with Gasteiger partial charge in [0.15, 0.2) is 0 Å². The van der Waals surface area contributed by atoms with Crippen LogP contribution in [0.25, 0.3) is 0 Å². The first-order valence-electron chi connectivity index (χ1n) is 5.00. The van der Waals surface area contributed by atoms with E-state index in [0.29, 0.717) is 10.2 Å². The predicted octanol–water partition coefficient (Wildman–Crippen LogP) is 3.57. The molecule has 0 saturated carbocycles. The maximum absolute atomic E-state index is 11.8. The zero-order chi connectivity index (χ0) is 13.9. The van der Waals surface area contributed by atoms with Crippen LogP contribution in [0.5, 0.6) is 0 Å². The summed E-state index contributed by atoms with van der Waals surface area (Å²) in [5.41, 5.74) is 0.791. The number of halogens is 2. The van der Waals surface area contributed by atoms with E-state index in [2.05, 4.69) is 37.2 Å². The highest BCUT2D eigenvalue weighted by atomic mass is 79.9. The average Bonchev–Trinajstić information content (AvgIpc) is 2.30. The molecule has 1 aromatic rings. The quantitative estimate of drug-likeness (QED) is 0.792. The molecule has 0 spiro atoms. The zero-order valence-corrected chi connectivity index (χ0v) is 12.9. The molecule has 0 aromatic heterocycles. The predicted molar refractivity (Wildman–Crippen MR) is 76.5 cm³/mol. The van der Waals surface area contributed by atoms with Gasteiger partial charge in [0, 0.05) is 20.1 Å². The Balaban J connectivity index is 2.95. The van der Waals surface area contributed by atoms with E-state index in [1.807, 2.05) is 0 Å². The van der Waals surface area contributed by atoms with Gasteiger partial charge in [-0.2, -0.15) is 0 Å². The van der Waals surface area contributed by atoms with E-state index in [1.54, 1.807) is 18.2 Å². The van der Waals surface area contributed by atoms with Crippen LogP contribution in [0.15, 0.2) is 38.3 Å². The second-order valence-electron chi connectivity index (χ2n) is 3.63. The fraction of sp³-hybridized carbons (Fsp3) is 0.167. The highest BCUT2D eigenvalue weighted by Gasteiger charge is 2.13. The Labute approximate surface area is 121 Å². The molecule has 0 fully saturated rings. The Morgan fingerprint density at radius 1 is 1.17 bits per heavy atom. The van der Waals surface area contributed by atoms with Crippen molar-refractivity contribution in [1.82, 2.24) is 0 Å². The van der Waals surface area contributed by atoms with Crippen LogP contribution in [-0.4, -0.2) is 17.0 Å². The van der Waals surface area contributed by atoms with Crippen LogP contribution >= 0.6 is 31.9 Å². The molecule has 6 heteroatoms. The van der Waals surface area contributed by atoms with Crippen LogP contribution in [0.2, 0.25) is 0 Å². The molecule has 0 heterocycles. The van der Waals surface area contributed by atoms with Gasteiger partial charge in [-0.1, -0.05) is 15.9 Å². The molecule has 0 unspecified atom stereocenters. The van der Waals surface area contributed by atoms with Crippen LogP contribution in [0, 0.1) is 0 Å². The minimum atomic E-state index is -1.10. The van der Waals surface area contributed by atoms with Gasteiger partial charge >= 0.3 is 5.97 Å². The molecule has 2 N–H and O–H groups in total. The first-order chi connectivity index (χ1) is 8.32. The van der Waals surface area contributed by atoms with Gasteiger partial charge in [0.1, 0.15) is 0 Å². The summed E-state index contributed by atoms with van der Waals surface area (Å²) in [5, 5.41) is 11.5. The lowest BCUT2D eigenvalue weighted by Crippen LogP contribution is -2.16. The van der Waals surface area contributed by atoms with Crippen LogP contribution in [0.1, 0.15) is 13.8 Å². The van der Waals surface area contributed by atoms with Crippen LogP contribution in [-0.2, 0) is 9.59 Å². The molecule has 0 aliphatic rings. The summed E-state index contributed by atoms with van der Waals surface area (Å²) >= 11 is 6.62. The highest BCUT2D eigenvalue weighted by Crippen LogP contribution is 2.26. The summed E-state index contributed by atoms with van der Waals surface area (Å²) in [6.07, 6.45) is 0. The molecule has 0 saturated heterocycles. The fourth-order valence-electron chi connectivity index (χ4n) is 1.14. The minimum absolute atomic E-state index is 0.0285. The topological polar surface area (TPSA) is 66.4 Å². The van der Waals surface area contributed by atoms with Gasteiger partial charge in [-0.05, 0) is 48.0 Å². The number of carbonyl (C=O) groups excluding carboxylic acids is 1. The lowest BCUT2D eigenvalue weighted by atomic mass is 10.1. The van der Waals surface area contributed by atoms with Crippen molar-refractivity contribution >= 4 is 49.4 Å². The highest BCUT2D eigenvalue weighted by molar-refractivity contribution is 9.11. The van der Waals surface area contributed by atoms with Gasteiger partial charge in [0.25, 0.3) is 5.91 Å². The lowest BCUT2D eigenvalue weighted by molar-refractivity contribution is -0.133. The number of aliphatic carboxylic acids is 1.